The van der Waals surface area contributed by atoms with Crippen molar-refractivity contribution in [2.45, 2.75) is 6.92 Å². The van der Waals surface area contributed by atoms with E-state index in [0.717, 1.165) is 5.65 Å². The number of ether oxygens (including phenoxy) is 1. The average molecular weight is 176 g/mol. The molecule has 0 aliphatic carbocycles. The molecule has 68 valence electrons. The molecule has 0 spiro atoms. The van der Waals surface area contributed by atoms with Crippen molar-refractivity contribution in [1.82, 2.24) is 9.55 Å². The molecule has 3 nitrogen and oxygen atoms in total. The number of pyridine rings is 1. The SMILES string of the molecule is COc1ccc2c(C)cn(C)c2n1. The third-order valence-corrected chi connectivity index (χ3v) is 2.20. The number of hydrogen-bond acceptors (Lipinski definition) is 2. The van der Waals surface area contributed by atoms with E-state index in [4.69, 9.17) is 4.74 Å². The summed E-state index contributed by atoms with van der Waals surface area (Å²) in [6, 6.07) is 3.92. The zero-order chi connectivity index (χ0) is 9.42. The molecule has 0 unspecified atom stereocenters. The molecule has 0 amide bonds. The van der Waals surface area contributed by atoms with Gasteiger partial charge in [0.25, 0.3) is 0 Å². The first-order valence-corrected chi connectivity index (χ1v) is 4.19. The molecule has 0 bridgehead atoms. The highest BCUT2D eigenvalue weighted by Crippen LogP contribution is 2.20. The molecular formula is C10H12N2O. The molecule has 2 rings (SSSR count). The van der Waals surface area contributed by atoms with Crippen LogP contribution in [0.2, 0.25) is 0 Å². The van der Waals surface area contributed by atoms with Crippen molar-refractivity contribution < 1.29 is 4.74 Å². The third kappa shape index (κ3) is 1.16. The zero-order valence-electron chi connectivity index (χ0n) is 8.03. The second-order valence-corrected chi connectivity index (χ2v) is 3.15. The number of hydrogen-bond donors (Lipinski definition) is 0. The highest BCUT2D eigenvalue weighted by molar-refractivity contribution is 5.80. The number of nitrogens with zero attached hydrogens (tertiary/aromatic N) is 2. The minimum Gasteiger partial charge on any atom is -0.481 e. The van der Waals surface area contributed by atoms with Gasteiger partial charge in [0, 0.05) is 24.7 Å². The molecule has 0 fully saturated rings. The highest BCUT2D eigenvalue weighted by Gasteiger charge is 2.04. The van der Waals surface area contributed by atoms with Crippen LogP contribution < -0.4 is 4.74 Å². The number of rotatable bonds is 1. The van der Waals surface area contributed by atoms with E-state index >= 15 is 0 Å². The van der Waals surface area contributed by atoms with E-state index in [1.165, 1.54) is 10.9 Å². The maximum atomic E-state index is 5.06. The number of aromatic nitrogens is 2. The van der Waals surface area contributed by atoms with Crippen molar-refractivity contribution in [2.24, 2.45) is 7.05 Å². The van der Waals surface area contributed by atoms with Gasteiger partial charge in [-0.2, -0.15) is 4.98 Å². The minimum atomic E-state index is 0.661. The monoisotopic (exact) mass is 176 g/mol. The zero-order valence-corrected chi connectivity index (χ0v) is 8.03. The van der Waals surface area contributed by atoms with Gasteiger partial charge in [-0.05, 0) is 18.6 Å². The molecule has 2 aromatic rings. The lowest BCUT2D eigenvalue weighted by Gasteiger charge is -1.99. The Morgan fingerprint density at radius 1 is 1.38 bits per heavy atom. The van der Waals surface area contributed by atoms with Gasteiger partial charge in [-0.15, -0.1) is 0 Å². The molecule has 2 aromatic heterocycles. The fourth-order valence-corrected chi connectivity index (χ4v) is 1.54. The van der Waals surface area contributed by atoms with Gasteiger partial charge in [0.2, 0.25) is 5.88 Å². The topological polar surface area (TPSA) is 27.1 Å². The first kappa shape index (κ1) is 8.10. The summed E-state index contributed by atoms with van der Waals surface area (Å²) in [6.07, 6.45) is 2.07. The minimum absolute atomic E-state index is 0.661. The second kappa shape index (κ2) is 2.76. The van der Waals surface area contributed by atoms with Crippen LogP contribution in [0.1, 0.15) is 5.56 Å². The van der Waals surface area contributed by atoms with E-state index in [2.05, 4.69) is 18.1 Å². The van der Waals surface area contributed by atoms with E-state index in [-0.39, 0.29) is 0 Å². The van der Waals surface area contributed by atoms with Gasteiger partial charge in [-0.25, -0.2) is 0 Å². The Balaban J connectivity index is 2.76. The first-order valence-electron chi connectivity index (χ1n) is 4.19. The van der Waals surface area contributed by atoms with E-state index in [1.807, 2.05) is 23.7 Å². The summed E-state index contributed by atoms with van der Waals surface area (Å²) in [4.78, 5) is 4.35. The van der Waals surface area contributed by atoms with Gasteiger partial charge in [0.15, 0.2) is 0 Å². The predicted molar refractivity (Wildman–Crippen MR) is 52.0 cm³/mol. The molecular weight excluding hydrogens is 164 g/mol. The highest BCUT2D eigenvalue weighted by atomic mass is 16.5. The van der Waals surface area contributed by atoms with Crippen molar-refractivity contribution in [3.63, 3.8) is 0 Å². The maximum absolute atomic E-state index is 5.06. The van der Waals surface area contributed by atoms with E-state index in [0.29, 0.717) is 5.88 Å². The van der Waals surface area contributed by atoms with E-state index in [1.54, 1.807) is 7.11 Å². The lowest BCUT2D eigenvalue weighted by molar-refractivity contribution is 0.399. The van der Waals surface area contributed by atoms with Crippen LogP contribution in [-0.2, 0) is 7.05 Å². The van der Waals surface area contributed by atoms with Crippen LogP contribution in [0.5, 0.6) is 5.88 Å². The lowest BCUT2D eigenvalue weighted by Crippen LogP contribution is -1.91. The molecule has 0 N–H and O–H groups in total. The molecule has 0 atom stereocenters. The van der Waals surface area contributed by atoms with Gasteiger partial charge < -0.3 is 9.30 Å². The Morgan fingerprint density at radius 3 is 2.85 bits per heavy atom. The van der Waals surface area contributed by atoms with Crippen LogP contribution >= 0.6 is 0 Å². The van der Waals surface area contributed by atoms with Crippen LogP contribution in [0, 0.1) is 6.92 Å². The van der Waals surface area contributed by atoms with E-state index in [9.17, 15) is 0 Å². The van der Waals surface area contributed by atoms with Crippen LogP contribution in [0.15, 0.2) is 18.3 Å². The van der Waals surface area contributed by atoms with Crippen molar-refractivity contribution in [3.05, 3.63) is 23.9 Å². The predicted octanol–water partition coefficient (Wildman–Crippen LogP) is 1.89. The summed E-state index contributed by atoms with van der Waals surface area (Å²) >= 11 is 0. The quantitative estimate of drug-likeness (QED) is 0.663. The number of aryl methyl sites for hydroxylation is 2. The summed E-state index contributed by atoms with van der Waals surface area (Å²) in [7, 11) is 3.62. The standard InChI is InChI=1S/C10H12N2O/c1-7-6-12(2)10-8(7)4-5-9(11-10)13-3/h4-6H,1-3H3. The summed E-state index contributed by atoms with van der Waals surface area (Å²) in [5, 5.41) is 1.18. The van der Waals surface area contributed by atoms with Crippen molar-refractivity contribution >= 4 is 11.0 Å². The number of fused-ring (bicyclic) bond motifs is 1. The summed E-state index contributed by atoms with van der Waals surface area (Å²) in [5.74, 6) is 0.661. The van der Waals surface area contributed by atoms with Crippen molar-refractivity contribution in [2.75, 3.05) is 7.11 Å². The first-order chi connectivity index (χ1) is 6.22. The fourth-order valence-electron chi connectivity index (χ4n) is 1.54. The van der Waals surface area contributed by atoms with Gasteiger partial charge in [0.05, 0.1) is 7.11 Å². The second-order valence-electron chi connectivity index (χ2n) is 3.15. The van der Waals surface area contributed by atoms with Crippen LogP contribution in [-0.4, -0.2) is 16.7 Å². The molecule has 0 saturated heterocycles. The Hall–Kier alpha value is -1.51. The number of methoxy groups -OCH3 is 1. The van der Waals surface area contributed by atoms with Gasteiger partial charge in [-0.1, -0.05) is 0 Å². The molecule has 0 saturated carbocycles. The fraction of sp³-hybridized carbons (Fsp3) is 0.300. The summed E-state index contributed by atoms with van der Waals surface area (Å²) in [5.41, 5.74) is 2.21. The molecule has 2 heterocycles. The molecule has 0 radical (unpaired) electrons. The Morgan fingerprint density at radius 2 is 2.15 bits per heavy atom. The van der Waals surface area contributed by atoms with Gasteiger partial charge in [0.1, 0.15) is 5.65 Å². The van der Waals surface area contributed by atoms with Crippen molar-refractivity contribution in [3.8, 4) is 5.88 Å². The smallest absolute Gasteiger partial charge is 0.214 e. The maximum Gasteiger partial charge on any atom is 0.214 e. The Kier molecular flexibility index (Phi) is 1.72. The average Bonchev–Trinajstić information content (AvgIpc) is 2.42. The molecule has 13 heavy (non-hydrogen) atoms. The normalized spacial score (nSPS) is 10.7. The van der Waals surface area contributed by atoms with Gasteiger partial charge >= 0.3 is 0 Å². The Labute approximate surface area is 77.0 Å². The molecule has 0 aromatic carbocycles. The van der Waals surface area contributed by atoms with Crippen LogP contribution in [0.4, 0.5) is 0 Å². The summed E-state index contributed by atoms with van der Waals surface area (Å²) < 4.78 is 7.07. The molecule has 0 aliphatic heterocycles. The van der Waals surface area contributed by atoms with Crippen LogP contribution in [0.3, 0.4) is 0 Å². The third-order valence-electron chi connectivity index (χ3n) is 2.20. The van der Waals surface area contributed by atoms with E-state index < -0.39 is 0 Å². The summed E-state index contributed by atoms with van der Waals surface area (Å²) in [6.45, 7) is 2.08. The van der Waals surface area contributed by atoms with Crippen molar-refractivity contribution in [1.29, 1.82) is 0 Å². The molecule has 3 heteroatoms. The molecule has 0 aliphatic rings. The largest absolute Gasteiger partial charge is 0.481 e. The van der Waals surface area contributed by atoms with Crippen LogP contribution in [0.25, 0.3) is 11.0 Å². The van der Waals surface area contributed by atoms with Gasteiger partial charge in [-0.3, -0.25) is 0 Å². The Bertz CT molecular complexity index is 445. The lowest BCUT2D eigenvalue weighted by atomic mass is 10.2.